The fourth-order valence-corrected chi connectivity index (χ4v) is 6.23. The Hall–Kier alpha value is -3.69. The summed E-state index contributed by atoms with van der Waals surface area (Å²) in [5.74, 6) is -2.09. The van der Waals surface area contributed by atoms with Crippen molar-refractivity contribution in [2.45, 2.75) is 147 Å². The molecule has 1 aliphatic heterocycles. The predicted octanol–water partition coefficient (Wildman–Crippen LogP) is 8.05. The minimum Gasteiger partial charge on any atom is -0.462 e. The highest BCUT2D eigenvalue weighted by molar-refractivity contribution is 7.85. The van der Waals surface area contributed by atoms with Crippen molar-refractivity contribution in [1.29, 1.82) is 0 Å². The number of esters is 2. The van der Waals surface area contributed by atoms with E-state index < -0.39 is 71.2 Å². The number of carbonyl (C=O) groups is 2. The van der Waals surface area contributed by atoms with Crippen molar-refractivity contribution in [3.05, 3.63) is 109 Å². The smallest absolute Gasteiger partial charge is 0.306 e. The van der Waals surface area contributed by atoms with Crippen molar-refractivity contribution in [2.75, 3.05) is 19.0 Å². The van der Waals surface area contributed by atoms with Crippen LogP contribution < -0.4 is 0 Å². The highest BCUT2D eigenvalue weighted by Gasteiger charge is 2.46. The Morgan fingerprint density at radius 1 is 0.593 bits per heavy atom. The van der Waals surface area contributed by atoms with E-state index in [4.69, 9.17) is 18.9 Å². The maximum Gasteiger partial charge on any atom is 0.306 e. The van der Waals surface area contributed by atoms with Crippen molar-refractivity contribution in [2.24, 2.45) is 0 Å². The Kier molecular flexibility index (Phi) is 31.7. The molecule has 0 amide bonds. The number of rotatable bonds is 32. The van der Waals surface area contributed by atoms with Crippen molar-refractivity contribution in [3.8, 4) is 0 Å². The van der Waals surface area contributed by atoms with Crippen LogP contribution in [0.5, 0.6) is 0 Å². The van der Waals surface area contributed by atoms with Crippen molar-refractivity contribution >= 4 is 22.1 Å². The molecule has 1 saturated heterocycles. The van der Waals surface area contributed by atoms with Gasteiger partial charge >= 0.3 is 11.9 Å². The molecule has 3 unspecified atom stereocenters. The quantitative estimate of drug-likeness (QED) is 0.0221. The van der Waals surface area contributed by atoms with E-state index in [0.717, 1.165) is 70.6 Å². The molecule has 1 rings (SSSR count). The summed E-state index contributed by atoms with van der Waals surface area (Å²) in [5, 5.41) is 30.8. The maximum absolute atomic E-state index is 12.8. The van der Waals surface area contributed by atoms with E-state index >= 15 is 0 Å². The van der Waals surface area contributed by atoms with Crippen molar-refractivity contribution in [1.82, 2.24) is 0 Å². The van der Waals surface area contributed by atoms with Crippen LogP contribution >= 0.6 is 0 Å². The standard InChI is InChI=1S/C46H70O12S/c1-3-5-7-9-11-13-15-17-18-19-20-21-23-24-26-28-30-32-34-41(47)55-36-39(37-56-46-45(51)44(50)43(49)40(58-46)38-59(52,53)54)57-42(48)35-33-31-29-27-25-22-16-14-12-10-8-6-4-2/h6-22,25,39-40,43-46,49-51H,3-5,23-24,26-38H2,1-2H3,(H,52,53,54)/b8-6+,9-7+,12-10+,13-11+,16-14+,17-15+,19-18+,21-20+,25-22+/t39?,40-,43-,44?,45?,46+/m1/s1. The largest absolute Gasteiger partial charge is 0.462 e. The number of carbonyl (C=O) groups excluding carboxylic acids is 2. The zero-order valence-electron chi connectivity index (χ0n) is 35.0. The zero-order chi connectivity index (χ0) is 43.4. The second kappa shape index (κ2) is 35.1. The van der Waals surface area contributed by atoms with Gasteiger partial charge < -0.3 is 34.3 Å². The molecule has 0 aliphatic carbocycles. The topological polar surface area (TPSA) is 186 Å². The van der Waals surface area contributed by atoms with Crippen LogP contribution in [0.3, 0.4) is 0 Å². The van der Waals surface area contributed by atoms with Crippen LogP contribution in [0.2, 0.25) is 0 Å². The number of allylic oxidation sites excluding steroid dienone is 18. The molecule has 1 fully saturated rings. The minimum absolute atomic E-state index is 0.104. The molecular formula is C46H70O12S. The third-order valence-corrected chi connectivity index (χ3v) is 9.54. The van der Waals surface area contributed by atoms with E-state index in [2.05, 4.69) is 44.2 Å². The number of hydrogen-bond donors (Lipinski definition) is 4. The molecule has 13 heteroatoms. The second-order valence-corrected chi connectivity index (χ2v) is 15.6. The molecule has 0 bridgehead atoms. The van der Waals surface area contributed by atoms with Crippen LogP contribution in [0.1, 0.15) is 110 Å². The van der Waals surface area contributed by atoms with E-state index in [1.165, 1.54) is 0 Å². The van der Waals surface area contributed by atoms with Gasteiger partial charge in [-0.15, -0.1) is 0 Å². The van der Waals surface area contributed by atoms with E-state index in [0.29, 0.717) is 12.8 Å². The minimum atomic E-state index is -4.62. The summed E-state index contributed by atoms with van der Waals surface area (Å²) < 4.78 is 53.9. The first-order valence-electron chi connectivity index (χ1n) is 21.1. The van der Waals surface area contributed by atoms with Gasteiger partial charge in [-0.3, -0.25) is 14.1 Å². The number of ether oxygens (including phenoxy) is 4. The Labute approximate surface area is 353 Å². The van der Waals surface area contributed by atoms with Gasteiger partial charge in [0.15, 0.2) is 12.4 Å². The molecule has 1 heterocycles. The van der Waals surface area contributed by atoms with Gasteiger partial charge in [0.1, 0.15) is 36.8 Å². The summed E-state index contributed by atoms with van der Waals surface area (Å²) in [6.07, 6.45) is 38.5. The molecule has 0 radical (unpaired) electrons. The monoisotopic (exact) mass is 846 g/mol. The first-order chi connectivity index (χ1) is 28.5. The number of aliphatic hydroxyl groups excluding tert-OH is 3. The molecule has 12 nitrogen and oxygen atoms in total. The predicted molar refractivity (Wildman–Crippen MR) is 233 cm³/mol. The summed E-state index contributed by atoms with van der Waals surface area (Å²) in [6.45, 7) is 3.44. The normalized spacial score (nSPS) is 21.4. The van der Waals surface area contributed by atoms with Crippen LogP contribution in [0.25, 0.3) is 0 Å². The van der Waals surface area contributed by atoms with Gasteiger partial charge in [0, 0.05) is 12.8 Å². The molecule has 4 N–H and O–H groups in total. The highest BCUT2D eigenvalue weighted by atomic mass is 32.2. The highest BCUT2D eigenvalue weighted by Crippen LogP contribution is 2.24. The van der Waals surface area contributed by atoms with Gasteiger partial charge in [-0.05, 0) is 51.4 Å². The number of aliphatic hydroxyl groups is 3. The maximum atomic E-state index is 12.8. The Morgan fingerprint density at radius 2 is 1.07 bits per heavy atom. The van der Waals surface area contributed by atoms with Crippen molar-refractivity contribution in [3.63, 3.8) is 0 Å². The Morgan fingerprint density at radius 3 is 1.61 bits per heavy atom. The molecule has 332 valence electrons. The molecule has 6 atom stereocenters. The van der Waals surface area contributed by atoms with Crippen LogP contribution in [0.15, 0.2) is 109 Å². The molecule has 0 spiro atoms. The SMILES string of the molecule is CC/C=C/C=C/C=C/C=C/CCCCCC(=O)OC(COC(=O)CCCCCCC/C=C/C=C/C=C/C=C/C=C/CCC)CO[C@H]1O[C@H](CS(=O)(=O)O)[C@@H](O)C(O)C1O. The molecule has 59 heavy (non-hydrogen) atoms. The summed E-state index contributed by atoms with van der Waals surface area (Å²) in [6, 6.07) is 0. The molecule has 0 aromatic carbocycles. The van der Waals surface area contributed by atoms with Crippen LogP contribution in [-0.4, -0.2) is 96.0 Å². The van der Waals surface area contributed by atoms with Crippen LogP contribution in [0, 0.1) is 0 Å². The van der Waals surface area contributed by atoms with Gasteiger partial charge in [0.2, 0.25) is 0 Å². The first kappa shape index (κ1) is 53.3. The lowest BCUT2D eigenvalue weighted by Gasteiger charge is -2.40. The summed E-state index contributed by atoms with van der Waals surface area (Å²) >= 11 is 0. The Balaban J connectivity index is 2.53. The summed E-state index contributed by atoms with van der Waals surface area (Å²) in [4.78, 5) is 25.3. The Bertz CT molecular complexity index is 1500. The first-order valence-corrected chi connectivity index (χ1v) is 22.7. The van der Waals surface area contributed by atoms with Gasteiger partial charge in [-0.25, -0.2) is 0 Å². The van der Waals surface area contributed by atoms with E-state index in [-0.39, 0.29) is 19.4 Å². The molecule has 0 saturated carbocycles. The lowest BCUT2D eigenvalue weighted by atomic mass is 10.00. The third kappa shape index (κ3) is 30.1. The van der Waals surface area contributed by atoms with Crippen molar-refractivity contribution < 1.29 is 56.8 Å². The number of unbranched alkanes of at least 4 members (excludes halogenated alkanes) is 9. The summed E-state index contributed by atoms with van der Waals surface area (Å²) in [7, 11) is -4.62. The lowest BCUT2D eigenvalue weighted by molar-refractivity contribution is -0.297. The average Bonchev–Trinajstić information content (AvgIpc) is 3.20. The fourth-order valence-electron chi connectivity index (χ4n) is 5.54. The summed E-state index contributed by atoms with van der Waals surface area (Å²) in [5.41, 5.74) is 0. The van der Waals surface area contributed by atoms with Gasteiger partial charge in [-0.2, -0.15) is 8.42 Å². The molecule has 0 aromatic rings. The van der Waals surface area contributed by atoms with Gasteiger partial charge in [0.05, 0.1) is 6.61 Å². The van der Waals surface area contributed by atoms with E-state index in [1.807, 2.05) is 79.0 Å². The third-order valence-electron chi connectivity index (χ3n) is 8.79. The van der Waals surface area contributed by atoms with E-state index in [9.17, 15) is 37.9 Å². The molecule has 0 aromatic heterocycles. The lowest BCUT2D eigenvalue weighted by Crippen LogP contribution is -2.60. The van der Waals surface area contributed by atoms with Gasteiger partial charge in [0.25, 0.3) is 10.1 Å². The second-order valence-electron chi connectivity index (χ2n) is 14.1. The number of hydrogen-bond acceptors (Lipinski definition) is 11. The van der Waals surface area contributed by atoms with Crippen LogP contribution in [0.4, 0.5) is 0 Å². The molecule has 1 aliphatic rings. The van der Waals surface area contributed by atoms with Crippen LogP contribution in [-0.2, 0) is 38.7 Å². The average molecular weight is 847 g/mol. The van der Waals surface area contributed by atoms with E-state index in [1.54, 1.807) is 0 Å². The molecular weight excluding hydrogens is 777 g/mol. The van der Waals surface area contributed by atoms with Gasteiger partial charge in [-0.1, -0.05) is 155 Å². The zero-order valence-corrected chi connectivity index (χ0v) is 35.9. The fraction of sp³-hybridized carbons (Fsp3) is 0.565.